The smallest absolute Gasteiger partial charge is 0.0959 e. The number of aliphatic hydroxyl groups is 2. The van der Waals surface area contributed by atoms with Crippen LogP contribution in [0.5, 0.6) is 0 Å². The van der Waals surface area contributed by atoms with Gasteiger partial charge >= 0.3 is 0 Å². The third kappa shape index (κ3) is 2.10. The van der Waals surface area contributed by atoms with Crippen LogP contribution < -0.4 is 0 Å². The van der Waals surface area contributed by atoms with Crippen LogP contribution in [-0.4, -0.2) is 34.4 Å². The van der Waals surface area contributed by atoms with Crippen LogP contribution in [0.4, 0.5) is 0 Å². The molecule has 2 aliphatic rings. The summed E-state index contributed by atoms with van der Waals surface area (Å²) in [4.78, 5) is 2.12. The average molecular weight is 261 g/mol. The zero-order chi connectivity index (χ0) is 13.5. The van der Waals surface area contributed by atoms with E-state index in [1.807, 2.05) is 6.07 Å². The maximum atomic E-state index is 11.2. The standard InChI is InChI=1S/C16H23NO2/c1-12-4-2-5-13(10-12)16(19)8-3-6-15-14(16)7-9-17(15)11-18/h2,4-5,10,14-15,18-19H,3,6-9,11H2,1H3/t14-,15-,16-/m1/s1. The first-order valence-corrected chi connectivity index (χ1v) is 7.29. The number of nitrogens with zero attached hydrogens (tertiary/aromatic N) is 1. The van der Waals surface area contributed by atoms with Crippen LogP contribution >= 0.6 is 0 Å². The Labute approximate surface area is 114 Å². The van der Waals surface area contributed by atoms with E-state index in [9.17, 15) is 10.2 Å². The van der Waals surface area contributed by atoms with E-state index in [0.717, 1.165) is 37.8 Å². The van der Waals surface area contributed by atoms with Gasteiger partial charge in [0.1, 0.15) is 0 Å². The van der Waals surface area contributed by atoms with Gasteiger partial charge in [-0.15, -0.1) is 0 Å². The van der Waals surface area contributed by atoms with E-state index >= 15 is 0 Å². The maximum Gasteiger partial charge on any atom is 0.0959 e. The minimum absolute atomic E-state index is 0.116. The van der Waals surface area contributed by atoms with Gasteiger partial charge in [-0.05, 0) is 38.2 Å². The molecular weight excluding hydrogens is 238 g/mol. The van der Waals surface area contributed by atoms with Gasteiger partial charge in [0, 0.05) is 18.5 Å². The van der Waals surface area contributed by atoms with Gasteiger partial charge in [-0.25, -0.2) is 0 Å². The van der Waals surface area contributed by atoms with Crippen molar-refractivity contribution in [3.05, 3.63) is 35.4 Å². The van der Waals surface area contributed by atoms with Gasteiger partial charge in [0.25, 0.3) is 0 Å². The first-order chi connectivity index (χ1) is 9.15. The number of aliphatic hydroxyl groups excluding tert-OH is 1. The summed E-state index contributed by atoms with van der Waals surface area (Å²) in [6.45, 7) is 3.09. The van der Waals surface area contributed by atoms with Crippen LogP contribution in [0, 0.1) is 12.8 Å². The minimum Gasteiger partial charge on any atom is -0.385 e. The molecule has 1 aromatic rings. The molecule has 0 unspecified atom stereocenters. The van der Waals surface area contributed by atoms with Gasteiger partial charge in [-0.1, -0.05) is 29.8 Å². The number of benzene rings is 1. The fourth-order valence-electron chi connectivity index (χ4n) is 4.07. The topological polar surface area (TPSA) is 43.7 Å². The Hall–Kier alpha value is -0.900. The van der Waals surface area contributed by atoms with Crippen LogP contribution in [0.25, 0.3) is 0 Å². The SMILES string of the molecule is Cc1cccc([C@]2(O)CCC[C@@H]3[C@H]2CCN3CO)c1. The summed E-state index contributed by atoms with van der Waals surface area (Å²) >= 11 is 0. The van der Waals surface area contributed by atoms with Crippen molar-refractivity contribution in [1.82, 2.24) is 4.90 Å². The largest absolute Gasteiger partial charge is 0.385 e. The Kier molecular flexibility index (Phi) is 3.37. The predicted octanol–water partition coefficient (Wildman–Crippen LogP) is 2.01. The molecule has 3 nitrogen and oxygen atoms in total. The molecule has 0 spiro atoms. The number of rotatable bonds is 2. The zero-order valence-corrected chi connectivity index (χ0v) is 11.5. The van der Waals surface area contributed by atoms with Crippen molar-refractivity contribution in [3.8, 4) is 0 Å². The molecule has 2 fully saturated rings. The van der Waals surface area contributed by atoms with E-state index in [1.54, 1.807) is 0 Å². The predicted molar refractivity (Wildman–Crippen MR) is 74.6 cm³/mol. The third-order valence-corrected chi connectivity index (χ3v) is 5.03. The number of fused-ring (bicyclic) bond motifs is 1. The Bertz CT molecular complexity index is 462. The average Bonchev–Trinajstić information content (AvgIpc) is 2.83. The number of aryl methyl sites for hydroxylation is 1. The molecule has 1 saturated carbocycles. The summed E-state index contributed by atoms with van der Waals surface area (Å²) in [5.74, 6) is 0.259. The molecule has 0 bridgehead atoms. The molecule has 1 aliphatic carbocycles. The van der Waals surface area contributed by atoms with Crippen molar-refractivity contribution in [2.75, 3.05) is 13.3 Å². The molecule has 1 saturated heterocycles. The van der Waals surface area contributed by atoms with Crippen molar-refractivity contribution in [3.63, 3.8) is 0 Å². The van der Waals surface area contributed by atoms with Crippen molar-refractivity contribution in [1.29, 1.82) is 0 Å². The molecule has 0 radical (unpaired) electrons. The molecule has 2 N–H and O–H groups in total. The lowest BCUT2D eigenvalue weighted by Gasteiger charge is -2.43. The zero-order valence-electron chi connectivity index (χ0n) is 11.5. The van der Waals surface area contributed by atoms with Crippen molar-refractivity contribution in [2.24, 2.45) is 5.92 Å². The van der Waals surface area contributed by atoms with Gasteiger partial charge in [0.05, 0.1) is 12.3 Å². The first-order valence-electron chi connectivity index (χ1n) is 7.29. The third-order valence-electron chi connectivity index (χ3n) is 5.03. The molecular formula is C16H23NO2. The Balaban J connectivity index is 1.94. The van der Waals surface area contributed by atoms with E-state index in [-0.39, 0.29) is 12.6 Å². The second kappa shape index (κ2) is 4.89. The van der Waals surface area contributed by atoms with Crippen LogP contribution in [-0.2, 0) is 5.60 Å². The highest BCUT2D eigenvalue weighted by Gasteiger charge is 2.50. The van der Waals surface area contributed by atoms with Gasteiger partial charge < -0.3 is 10.2 Å². The molecule has 1 heterocycles. The second-order valence-electron chi connectivity index (χ2n) is 6.10. The highest BCUT2D eigenvalue weighted by atomic mass is 16.3. The molecule has 0 amide bonds. The molecule has 3 atom stereocenters. The maximum absolute atomic E-state index is 11.2. The molecule has 19 heavy (non-hydrogen) atoms. The van der Waals surface area contributed by atoms with Crippen LogP contribution in [0.15, 0.2) is 24.3 Å². The Morgan fingerprint density at radius 2 is 2.21 bits per heavy atom. The van der Waals surface area contributed by atoms with Gasteiger partial charge in [0.15, 0.2) is 0 Å². The molecule has 1 aromatic carbocycles. The quantitative estimate of drug-likeness (QED) is 0.856. The lowest BCUT2D eigenvalue weighted by atomic mass is 9.69. The van der Waals surface area contributed by atoms with Gasteiger partial charge in [-0.2, -0.15) is 0 Å². The highest BCUT2D eigenvalue weighted by Crippen LogP contribution is 2.48. The number of hydrogen-bond acceptors (Lipinski definition) is 3. The highest BCUT2D eigenvalue weighted by molar-refractivity contribution is 5.29. The monoisotopic (exact) mass is 261 g/mol. The first kappa shape index (κ1) is 13.1. The van der Waals surface area contributed by atoms with E-state index < -0.39 is 5.60 Å². The summed E-state index contributed by atoms with van der Waals surface area (Å²) in [5.41, 5.74) is 1.55. The van der Waals surface area contributed by atoms with E-state index in [4.69, 9.17) is 0 Å². The summed E-state index contributed by atoms with van der Waals surface area (Å²) in [6, 6.07) is 8.61. The van der Waals surface area contributed by atoms with Gasteiger partial charge in [-0.3, -0.25) is 4.90 Å². The van der Waals surface area contributed by atoms with Crippen molar-refractivity contribution >= 4 is 0 Å². The summed E-state index contributed by atoms with van der Waals surface area (Å²) < 4.78 is 0. The molecule has 104 valence electrons. The van der Waals surface area contributed by atoms with Crippen molar-refractivity contribution < 1.29 is 10.2 Å². The normalized spacial score (nSPS) is 35.3. The summed E-state index contributed by atoms with van der Waals surface area (Å²) in [5, 5.41) is 20.7. The Morgan fingerprint density at radius 1 is 1.37 bits per heavy atom. The fraction of sp³-hybridized carbons (Fsp3) is 0.625. The van der Waals surface area contributed by atoms with Crippen molar-refractivity contribution in [2.45, 2.75) is 44.2 Å². The van der Waals surface area contributed by atoms with Gasteiger partial charge in [0.2, 0.25) is 0 Å². The Morgan fingerprint density at radius 3 is 2.95 bits per heavy atom. The summed E-state index contributed by atoms with van der Waals surface area (Å²) in [6.07, 6.45) is 3.95. The summed E-state index contributed by atoms with van der Waals surface area (Å²) in [7, 11) is 0. The van der Waals surface area contributed by atoms with E-state index in [1.165, 1.54) is 5.56 Å². The number of hydrogen-bond donors (Lipinski definition) is 2. The lowest BCUT2D eigenvalue weighted by molar-refractivity contribution is -0.0749. The van der Waals surface area contributed by atoms with Crippen LogP contribution in [0.2, 0.25) is 0 Å². The molecule has 0 aromatic heterocycles. The number of likely N-dealkylation sites (tertiary alicyclic amines) is 1. The second-order valence-corrected chi connectivity index (χ2v) is 6.10. The van der Waals surface area contributed by atoms with Crippen LogP contribution in [0.1, 0.15) is 36.8 Å². The lowest BCUT2D eigenvalue weighted by Crippen LogP contribution is -2.47. The minimum atomic E-state index is -0.709. The van der Waals surface area contributed by atoms with E-state index in [0.29, 0.717) is 6.04 Å². The van der Waals surface area contributed by atoms with E-state index in [2.05, 4.69) is 30.0 Å². The molecule has 3 heteroatoms. The fourth-order valence-corrected chi connectivity index (χ4v) is 4.07. The molecule has 3 rings (SSSR count). The van der Waals surface area contributed by atoms with Crippen LogP contribution in [0.3, 0.4) is 0 Å². The molecule has 1 aliphatic heterocycles.